The van der Waals surface area contributed by atoms with Crippen LogP contribution in [0.1, 0.15) is 6.92 Å². The van der Waals surface area contributed by atoms with Crippen molar-refractivity contribution >= 4 is 16.7 Å². The predicted octanol–water partition coefficient (Wildman–Crippen LogP) is 0.0489. The maximum absolute atomic E-state index is 11.6. The van der Waals surface area contributed by atoms with Crippen molar-refractivity contribution in [3.05, 3.63) is 16.4 Å². The number of nitrogens with two attached hydrogens (primary N) is 1. The number of fused-ring (bicyclic) bond motifs is 1. The highest BCUT2D eigenvalue weighted by Gasteiger charge is 2.12. The minimum absolute atomic E-state index is 0.225. The summed E-state index contributed by atoms with van der Waals surface area (Å²) < 4.78 is 6.69. The molecule has 2 aromatic rings. The van der Waals surface area contributed by atoms with Gasteiger partial charge in [-0.05, 0) is 6.92 Å². The maximum Gasteiger partial charge on any atom is 0.263 e. The van der Waals surface area contributed by atoms with Gasteiger partial charge in [-0.3, -0.25) is 9.78 Å². The molecule has 0 fully saturated rings. The first kappa shape index (κ1) is 11.5. The average molecular weight is 238 g/mol. The second-order valence-corrected chi connectivity index (χ2v) is 3.55. The van der Waals surface area contributed by atoms with Gasteiger partial charge in [0, 0.05) is 12.7 Å². The normalized spacial score (nSPS) is 11.1. The lowest BCUT2D eigenvalue weighted by Crippen LogP contribution is -2.11. The Morgan fingerprint density at radius 2 is 2.41 bits per heavy atom. The van der Waals surface area contributed by atoms with E-state index < -0.39 is 5.56 Å². The molecule has 0 aromatic carbocycles. The van der Waals surface area contributed by atoms with Crippen LogP contribution in [0, 0.1) is 0 Å². The third-order valence-corrected chi connectivity index (χ3v) is 2.41. The molecule has 0 aliphatic rings. The molecule has 0 atom stereocenters. The van der Waals surface area contributed by atoms with Gasteiger partial charge in [0.2, 0.25) is 0 Å². The Bertz CT molecular complexity index is 587. The van der Waals surface area contributed by atoms with Crippen molar-refractivity contribution in [2.75, 3.05) is 18.9 Å². The zero-order chi connectivity index (χ0) is 12.4. The summed E-state index contributed by atoms with van der Waals surface area (Å²) in [7, 11) is 0. The number of pyridine rings is 1. The molecule has 4 N–H and O–H groups in total. The number of ether oxygens (including phenoxy) is 1. The van der Waals surface area contributed by atoms with Gasteiger partial charge in [0.1, 0.15) is 16.7 Å². The second kappa shape index (κ2) is 4.46. The van der Waals surface area contributed by atoms with Crippen molar-refractivity contribution in [2.45, 2.75) is 13.5 Å². The zero-order valence-corrected chi connectivity index (χ0v) is 9.43. The smallest absolute Gasteiger partial charge is 0.263 e. The number of nitrogen functional groups attached to an aromatic ring is 1. The van der Waals surface area contributed by atoms with Gasteiger partial charge in [-0.2, -0.15) is 5.10 Å². The van der Waals surface area contributed by atoms with E-state index in [0.29, 0.717) is 30.7 Å². The average Bonchev–Trinajstić information content (AvgIpc) is 2.56. The Kier molecular flexibility index (Phi) is 3.01. The Morgan fingerprint density at radius 1 is 1.65 bits per heavy atom. The third-order valence-electron chi connectivity index (χ3n) is 2.41. The van der Waals surface area contributed by atoms with Gasteiger partial charge in [0.25, 0.3) is 5.56 Å². The van der Waals surface area contributed by atoms with Gasteiger partial charge in [-0.25, -0.2) is 4.68 Å². The van der Waals surface area contributed by atoms with Crippen LogP contribution in [-0.4, -0.2) is 33.1 Å². The standard InChI is InChI=1S/C10H14N4O3/c1-2-17-4-3-14-9(11)8-6(13-14)5-7(15)12-10(8)16/h5,15H,2-4,11H2,1H3,(H,12,16). The highest BCUT2D eigenvalue weighted by atomic mass is 16.5. The summed E-state index contributed by atoms with van der Waals surface area (Å²) in [5.74, 6) is 0.0536. The summed E-state index contributed by atoms with van der Waals surface area (Å²) in [6.45, 7) is 3.45. The Morgan fingerprint density at radius 3 is 3.12 bits per heavy atom. The third kappa shape index (κ3) is 2.09. The largest absolute Gasteiger partial charge is 0.494 e. The van der Waals surface area contributed by atoms with E-state index in [1.165, 1.54) is 10.7 Å². The van der Waals surface area contributed by atoms with Crippen LogP contribution in [0.3, 0.4) is 0 Å². The molecule has 2 aromatic heterocycles. The number of rotatable bonds is 4. The molecule has 0 aliphatic carbocycles. The molecule has 0 amide bonds. The van der Waals surface area contributed by atoms with E-state index in [1.807, 2.05) is 6.92 Å². The van der Waals surface area contributed by atoms with Gasteiger partial charge in [0.05, 0.1) is 13.2 Å². The van der Waals surface area contributed by atoms with Crippen LogP contribution in [0.25, 0.3) is 10.9 Å². The number of aromatic hydroxyl groups is 1. The molecule has 0 radical (unpaired) electrons. The molecule has 0 saturated carbocycles. The summed E-state index contributed by atoms with van der Waals surface area (Å²) in [5, 5.41) is 13.7. The lowest BCUT2D eigenvalue weighted by Gasteiger charge is -2.03. The number of nitrogens with zero attached hydrogens (tertiary/aromatic N) is 2. The van der Waals surface area contributed by atoms with Crippen molar-refractivity contribution in [2.24, 2.45) is 0 Å². The topological polar surface area (TPSA) is 106 Å². The number of hydrogen-bond acceptors (Lipinski definition) is 5. The highest BCUT2D eigenvalue weighted by molar-refractivity contribution is 5.88. The van der Waals surface area contributed by atoms with Crippen LogP contribution in [-0.2, 0) is 11.3 Å². The fourth-order valence-corrected chi connectivity index (χ4v) is 1.64. The number of nitrogens with one attached hydrogen (secondary N) is 1. The minimum atomic E-state index is -0.444. The molecule has 0 spiro atoms. The van der Waals surface area contributed by atoms with Gasteiger partial charge in [0.15, 0.2) is 5.88 Å². The summed E-state index contributed by atoms with van der Waals surface area (Å²) in [5.41, 5.74) is 5.75. The summed E-state index contributed by atoms with van der Waals surface area (Å²) in [4.78, 5) is 13.9. The molecule has 17 heavy (non-hydrogen) atoms. The maximum atomic E-state index is 11.6. The van der Waals surface area contributed by atoms with Crippen molar-refractivity contribution in [1.82, 2.24) is 14.8 Å². The molecular formula is C10H14N4O3. The quantitative estimate of drug-likeness (QED) is 0.652. The van der Waals surface area contributed by atoms with Gasteiger partial charge in [-0.15, -0.1) is 0 Å². The first-order valence-corrected chi connectivity index (χ1v) is 5.29. The Labute approximate surface area is 96.8 Å². The van der Waals surface area contributed by atoms with Gasteiger partial charge < -0.3 is 15.6 Å². The van der Waals surface area contributed by atoms with Crippen LogP contribution in [0.2, 0.25) is 0 Å². The van der Waals surface area contributed by atoms with E-state index in [4.69, 9.17) is 10.5 Å². The minimum Gasteiger partial charge on any atom is -0.494 e. The van der Waals surface area contributed by atoms with E-state index in [1.54, 1.807) is 0 Å². The number of anilines is 1. The highest BCUT2D eigenvalue weighted by Crippen LogP contribution is 2.18. The van der Waals surface area contributed by atoms with Crippen LogP contribution >= 0.6 is 0 Å². The van der Waals surface area contributed by atoms with Crippen molar-refractivity contribution in [1.29, 1.82) is 0 Å². The van der Waals surface area contributed by atoms with Gasteiger partial charge >= 0.3 is 0 Å². The van der Waals surface area contributed by atoms with Crippen LogP contribution in [0.5, 0.6) is 5.88 Å². The molecular weight excluding hydrogens is 224 g/mol. The predicted molar refractivity (Wildman–Crippen MR) is 62.9 cm³/mol. The Balaban J connectivity index is 2.42. The number of aromatic amines is 1. The molecule has 92 valence electrons. The molecule has 0 unspecified atom stereocenters. The first-order valence-electron chi connectivity index (χ1n) is 5.29. The van der Waals surface area contributed by atoms with Crippen LogP contribution in [0.15, 0.2) is 10.9 Å². The van der Waals surface area contributed by atoms with Crippen LogP contribution in [0.4, 0.5) is 5.82 Å². The van der Waals surface area contributed by atoms with Crippen molar-refractivity contribution in [3.8, 4) is 5.88 Å². The first-order chi connectivity index (χ1) is 8.13. The molecule has 0 aliphatic heterocycles. The lowest BCUT2D eigenvalue weighted by molar-refractivity contribution is 0.137. The number of H-pyrrole nitrogens is 1. The molecule has 2 rings (SSSR count). The number of hydrogen-bond donors (Lipinski definition) is 3. The molecule has 7 heteroatoms. The SMILES string of the molecule is CCOCCn1nc2cc(O)[nH]c(=O)c2c1N. The van der Waals surface area contributed by atoms with Crippen molar-refractivity contribution in [3.63, 3.8) is 0 Å². The van der Waals surface area contributed by atoms with E-state index in [9.17, 15) is 9.90 Å². The Hall–Kier alpha value is -2.02. The van der Waals surface area contributed by atoms with E-state index in [0.717, 1.165) is 0 Å². The summed E-state index contributed by atoms with van der Waals surface area (Å²) in [6.07, 6.45) is 0. The van der Waals surface area contributed by atoms with Crippen molar-refractivity contribution < 1.29 is 9.84 Å². The van der Waals surface area contributed by atoms with Gasteiger partial charge in [-0.1, -0.05) is 0 Å². The number of aromatic nitrogens is 3. The summed E-state index contributed by atoms with van der Waals surface area (Å²) in [6, 6.07) is 1.37. The fraction of sp³-hybridized carbons (Fsp3) is 0.400. The molecule has 7 nitrogen and oxygen atoms in total. The second-order valence-electron chi connectivity index (χ2n) is 3.55. The lowest BCUT2D eigenvalue weighted by atomic mass is 10.3. The molecule has 0 bridgehead atoms. The van der Waals surface area contributed by atoms with Crippen LogP contribution < -0.4 is 11.3 Å². The van der Waals surface area contributed by atoms with E-state index in [2.05, 4.69) is 10.1 Å². The fourth-order valence-electron chi connectivity index (χ4n) is 1.64. The monoisotopic (exact) mass is 238 g/mol. The molecule has 2 heterocycles. The zero-order valence-electron chi connectivity index (χ0n) is 9.43. The van der Waals surface area contributed by atoms with E-state index >= 15 is 0 Å². The summed E-state index contributed by atoms with van der Waals surface area (Å²) >= 11 is 0. The molecule has 0 saturated heterocycles. The van der Waals surface area contributed by atoms with E-state index in [-0.39, 0.29) is 11.7 Å².